The van der Waals surface area contributed by atoms with Crippen molar-refractivity contribution >= 4 is 17.7 Å². The average molecular weight is 206 g/mol. The van der Waals surface area contributed by atoms with E-state index in [1.807, 2.05) is 6.92 Å². The lowest BCUT2D eigenvalue weighted by atomic mass is 10.5. The molecule has 1 aromatic rings. The summed E-state index contributed by atoms with van der Waals surface area (Å²) in [7, 11) is 0. The summed E-state index contributed by atoms with van der Waals surface area (Å²) < 4.78 is 5.06. The van der Waals surface area contributed by atoms with Crippen molar-refractivity contribution in [2.24, 2.45) is 0 Å². The Morgan fingerprint density at radius 2 is 2.31 bits per heavy atom. The topological polar surface area (TPSA) is 108 Å². The van der Waals surface area contributed by atoms with E-state index in [-0.39, 0.29) is 11.2 Å². The van der Waals surface area contributed by atoms with Crippen molar-refractivity contribution in [1.82, 2.24) is 10.2 Å². The van der Waals surface area contributed by atoms with Crippen molar-refractivity contribution in [2.45, 2.75) is 18.6 Å². The van der Waals surface area contributed by atoms with Gasteiger partial charge in [-0.1, -0.05) is 18.7 Å². The maximum atomic E-state index is 10.1. The average Bonchev–Trinajstić information content (AvgIpc) is 2.48. The zero-order chi connectivity index (χ0) is 8.97. The van der Waals surface area contributed by atoms with Gasteiger partial charge >= 0.3 is 5.97 Å². The maximum absolute atomic E-state index is 10.1. The van der Waals surface area contributed by atoms with Crippen molar-refractivity contribution in [2.75, 3.05) is 5.75 Å². The van der Waals surface area contributed by atoms with Crippen LogP contribution < -0.4 is 0 Å². The number of aromatic nitrogens is 2. The molecule has 0 spiro atoms. The van der Waals surface area contributed by atoms with Gasteiger partial charge in [-0.25, -0.2) is 0 Å². The Labute approximate surface area is 78.7 Å². The second-order valence-corrected chi connectivity index (χ2v) is 2.92. The van der Waals surface area contributed by atoms with Gasteiger partial charge in [0.15, 0.2) is 0 Å². The van der Waals surface area contributed by atoms with Crippen LogP contribution in [0.25, 0.3) is 0 Å². The molecule has 6 nitrogen and oxygen atoms in total. The van der Waals surface area contributed by atoms with Gasteiger partial charge in [0.25, 0.3) is 5.22 Å². The minimum Gasteiger partial charge on any atom is -0.481 e. The summed E-state index contributed by atoms with van der Waals surface area (Å²) in [5.41, 5.74) is 0. The van der Waals surface area contributed by atoms with E-state index < -0.39 is 5.97 Å². The lowest BCUT2D eigenvalue weighted by Crippen LogP contribution is -1.97. The molecule has 74 valence electrons. The molecule has 0 radical (unpaired) electrons. The predicted molar refractivity (Wildman–Crippen MR) is 45.6 cm³/mol. The summed E-state index contributed by atoms with van der Waals surface area (Å²) in [6, 6.07) is 0. The van der Waals surface area contributed by atoms with Crippen LogP contribution in [-0.4, -0.2) is 32.5 Å². The summed E-state index contributed by atoms with van der Waals surface area (Å²) in [6.07, 6.45) is 0.667. The third-order valence-corrected chi connectivity index (χ3v) is 1.87. The number of thioether (sulfide) groups is 1. The van der Waals surface area contributed by atoms with Gasteiger partial charge in [-0.3, -0.25) is 4.79 Å². The third kappa shape index (κ3) is 3.90. The number of aliphatic carboxylic acids is 1. The Morgan fingerprint density at radius 1 is 1.62 bits per heavy atom. The zero-order valence-corrected chi connectivity index (χ0v) is 7.80. The Kier molecular flexibility index (Phi) is 5.09. The molecule has 0 aliphatic rings. The van der Waals surface area contributed by atoms with Crippen molar-refractivity contribution in [1.29, 1.82) is 0 Å². The molecule has 0 aromatic carbocycles. The minimum atomic E-state index is -0.892. The van der Waals surface area contributed by atoms with E-state index in [2.05, 4.69) is 10.2 Å². The van der Waals surface area contributed by atoms with Gasteiger partial charge in [0, 0.05) is 6.42 Å². The van der Waals surface area contributed by atoms with Gasteiger partial charge < -0.3 is 15.0 Å². The molecule has 0 amide bonds. The van der Waals surface area contributed by atoms with Gasteiger partial charge in [0.1, 0.15) is 5.75 Å². The Hall–Kier alpha value is -1.08. The number of nitrogens with zero attached hydrogens (tertiary/aromatic N) is 2. The molecule has 1 rings (SSSR count). The van der Waals surface area contributed by atoms with Gasteiger partial charge in [-0.15, -0.1) is 10.2 Å². The quantitative estimate of drug-likeness (QED) is 0.694. The Bertz CT molecular complexity index is 275. The number of hydrogen-bond acceptors (Lipinski definition) is 5. The molecule has 0 saturated carbocycles. The number of hydrogen-bond donors (Lipinski definition) is 1. The first-order chi connectivity index (χ1) is 5.72. The highest BCUT2D eigenvalue weighted by Crippen LogP contribution is 2.15. The van der Waals surface area contributed by atoms with Crippen LogP contribution >= 0.6 is 11.8 Å². The van der Waals surface area contributed by atoms with Crippen LogP contribution in [-0.2, 0) is 11.2 Å². The second-order valence-electron chi connectivity index (χ2n) is 2.00. The minimum absolute atomic E-state index is 0. The van der Waals surface area contributed by atoms with Crippen LogP contribution in [0.5, 0.6) is 0 Å². The zero-order valence-electron chi connectivity index (χ0n) is 6.98. The summed E-state index contributed by atoms with van der Waals surface area (Å²) in [6.45, 7) is 1.89. The SMILES string of the molecule is CCc1nnc(SCC(=O)O)o1.O. The molecule has 0 bridgehead atoms. The predicted octanol–water partition coefficient (Wildman–Crippen LogP) is -0.0160. The van der Waals surface area contributed by atoms with Crippen molar-refractivity contribution in [3.8, 4) is 0 Å². The first-order valence-electron chi connectivity index (χ1n) is 3.39. The van der Waals surface area contributed by atoms with Crippen molar-refractivity contribution in [3.05, 3.63) is 5.89 Å². The first-order valence-corrected chi connectivity index (χ1v) is 4.38. The molecular weight excluding hydrogens is 196 g/mol. The number of aryl methyl sites for hydroxylation is 1. The van der Waals surface area contributed by atoms with Crippen LogP contribution in [0.4, 0.5) is 0 Å². The van der Waals surface area contributed by atoms with Crippen molar-refractivity contribution in [3.63, 3.8) is 0 Å². The maximum Gasteiger partial charge on any atom is 0.314 e. The van der Waals surface area contributed by atoms with Crippen LogP contribution in [0.1, 0.15) is 12.8 Å². The fourth-order valence-corrected chi connectivity index (χ4v) is 1.06. The Balaban J connectivity index is 0.00000144. The van der Waals surface area contributed by atoms with Gasteiger partial charge in [-0.2, -0.15) is 0 Å². The molecular formula is C6H10N2O4S. The van der Waals surface area contributed by atoms with E-state index in [4.69, 9.17) is 9.52 Å². The molecule has 1 heterocycles. The molecule has 0 aliphatic heterocycles. The molecule has 0 fully saturated rings. The largest absolute Gasteiger partial charge is 0.481 e. The molecule has 0 saturated heterocycles. The van der Waals surface area contributed by atoms with E-state index in [9.17, 15) is 4.79 Å². The molecule has 0 atom stereocenters. The highest BCUT2D eigenvalue weighted by Gasteiger charge is 2.06. The lowest BCUT2D eigenvalue weighted by molar-refractivity contribution is -0.133. The lowest BCUT2D eigenvalue weighted by Gasteiger charge is -1.87. The molecule has 0 aliphatic carbocycles. The van der Waals surface area contributed by atoms with E-state index in [0.29, 0.717) is 17.5 Å². The monoisotopic (exact) mass is 206 g/mol. The van der Waals surface area contributed by atoms with E-state index in [1.54, 1.807) is 0 Å². The molecule has 3 N–H and O–H groups in total. The normalized spacial score (nSPS) is 9.31. The van der Waals surface area contributed by atoms with Gasteiger partial charge in [-0.05, 0) is 0 Å². The number of carbonyl (C=O) groups is 1. The third-order valence-electron chi connectivity index (χ3n) is 1.07. The fraction of sp³-hybridized carbons (Fsp3) is 0.500. The summed E-state index contributed by atoms with van der Waals surface area (Å²) in [5.74, 6) is -0.412. The van der Waals surface area contributed by atoms with Gasteiger partial charge in [0.2, 0.25) is 5.89 Å². The number of carboxylic acids is 1. The van der Waals surface area contributed by atoms with Crippen LogP contribution in [0.15, 0.2) is 9.64 Å². The van der Waals surface area contributed by atoms with E-state index >= 15 is 0 Å². The Morgan fingerprint density at radius 3 is 2.77 bits per heavy atom. The van der Waals surface area contributed by atoms with E-state index in [1.165, 1.54) is 0 Å². The smallest absolute Gasteiger partial charge is 0.314 e. The fourth-order valence-electron chi connectivity index (χ4n) is 0.563. The molecule has 7 heteroatoms. The van der Waals surface area contributed by atoms with Crippen LogP contribution in [0.3, 0.4) is 0 Å². The first kappa shape index (κ1) is 11.9. The second kappa shape index (κ2) is 5.55. The highest BCUT2D eigenvalue weighted by atomic mass is 32.2. The van der Waals surface area contributed by atoms with Gasteiger partial charge in [0.05, 0.1) is 0 Å². The molecule has 1 aromatic heterocycles. The van der Waals surface area contributed by atoms with Crippen molar-refractivity contribution < 1.29 is 19.8 Å². The summed E-state index contributed by atoms with van der Waals surface area (Å²) >= 11 is 1.02. The molecule has 13 heavy (non-hydrogen) atoms. The molecule has 0 unspecified atom stereocenters. The number of rotatable bonds is 4. The number of carboxylic acid groups (broad SMARTS) is 1. The van der Waals surface area contributed by atoms with Crippen LogP contribution in [0, 0.1) is 0 Å². The summed E-state index contributed by atoms with van der Waals surface area (Å²) in [5, 5.41) is 16.0. The van der Waals surface area contributed by atoms with E-state index in [0.717, 1.165) is 11.8 Å². The summed E-state index contributed by atoms with van der Waals surface area (Å²) in [4.78, 5) is 10.1. The van der Waals surface area contributed by atoms with Crippen LogP contribution in [0.2, 0.25) is 0 Å². The highest BCUT2D eigenvalue weighted by molar-refractivity contribution is 7.99. The standard InChI is InChI=1S/C6H8N2O3S.H2O/c1-2-4-7-8-6(11-4)12-3-5(9)10;/h2-3H2,1H3,(H,9,10);1H2.